The molecule has 0 radical (unpaired) electrons. The molecular weight excluding hydrogens is 418 g/mol. The van der Waals surface area contributed by atoms with Crippen LogP contribution >= 0.6 is 11.3 Å². The molecule has 1 heterocycles. The highest BCUT2D eigenvalue weighted by molar-refractivity contribution is 7.22. The number of methoxy groups -OCH3 is 1. The summed E-state index contributed by atoms with van der Waals surface area (Å²) in [4.78, 5) is 22.7. The number of anilines is 1. The van der Waals surface area contributed by atoms with Gasteiger partial charge in [-0.1, -0.05) is 64.2 Å². The molecule has 0 spiro atoms. The van der Waals surface area contributed by atoms with Crippen LogP contribution in [0.15, 0.2) is 36.4 Å². The zero-order valence-corrected chi connectivity index (χ0v) is 21.2. The van der Waals surface area contributed by atoms with E-state index in [4.69, 9.17) is 9.72 Å². The molecule has 0 aliphatic carbocycles. The number of benzene rings is 2. The molecule has 5 nitrogen and oxygen atoms in total. The zero-order valence-electron chi connectivity index (χ0n) is 20.4. The van der Waals surface area contributed by atoms with Crippen molar-refractivity contribution in [3.63, 3.8) is 0 Å². The van der Waals surface area contributed by atoms with E-state index < -0.39 is 0 Å². The molecule has 0 saturated heterocycles. The summed E-state index contributed by atoms with van der Waals surface area (Å²) in [5, 5.41) is 0.713. The van der Waals surface area contributed by atoms with Crippen LogP contribution in [0, 0.1) is 6.92 Å². The average Bonchev–Trinajstić information content (AvgIpc) is 3.22. The van der Waals surface area contributed by atoms with Crippen LogP contribution in [0.1, 0.15) is 56.1 Å². The summed E-state index contributed by atoms with van der Waals surface area (Å²) in [7, 11) is 1.66. The molecule has 0 aliphatic heterocycles. The van der Waals surface area contributed by atoms with Crippen LogP contribution in [0.5, 0.6) is 5.75 Å². The summed E-state index contributed by atoms with van der Waals surface area (Å²) in [6, 6.07) is 12.0. The molecule has 0 atom stereocenters. The Bertz CT molecular complexity index is 1060. The highest BCUT2D eigenvalue weighted by Gasteiger charge is 2.24. The first-order chi connectivity index (χ1) is 15.2. The number of amides is 1. The number of carbonyl (C=O) groups excluding carboxylic acids is 1. The monoisotopic (exact) mass is 453 g/mol. The largest absolute Gasteiger partial charge is 0.494 e. The van der Waals surface area contributed by atoms with Crippen LogP contribution in [0.3, 0.4) is 0 Å². The summed E-state index contributed by atoms with van der Waals surface area (Å²) < 4.78 is 6.59. The molecule has 3 rings (SSSR count). The van der Waals surface area contributed by atoms with Crippen LogP contribution in [-0.2, 0) is 5.41 Å². The second kappa shape index (κ2) is 10.0. The molecule has 172 valence electrons. The number of carbonyl (C=O) groups is 1. The van der Waals surface area contributed by atoms with Crippen molar-refractivity contribution >= 4 is 32.6 Å². The molecule has 0 saturated carbocycles. The minimum Gasteiger partial charge on any atom is -0.494 e. The quantitative estimate of drug-likeness (QED) is 0.426. The summed E-state index contributed by atoms with van der Waals surface area (Å²) in [5.41, 5.74) is 3.89. The number of hydrogen-bond acceptors (Lipinski definition) is 5. The van der Waals surface area contributed by atoms with Gasteiger partial charge >= 0.3 is 0 Å². The first-order valence-corrected chi connectivity index (χ1v) is 12.1. The fourth-order valence-electron chi connectivity index (χ4n) is 3.71. The van der Waals surface area contributed by atoms with Gasteiger partial charge in [-0.3, -0.25) is 9.69 Å². The van der Waals surface area contributed by atoms with Gasteiger partial charge in [0.2, 0.25) is 0 Å². The average molecular weight is 454 g/mol. The van der Waals surface area contributed by atoms with Gasteiger partial charge in [-0.15, -0.1) is 0 Å². The number of aromatic nitrogens is 1. The predicted octanol–water partition coefficient (Wildman–Crippen LogP) is 5.90. The van der Waals surface area contributed by atoms with Crippen LogP contribution in [0.2, 0.25) is 0 Å². The molecule has 0 aliphatic rings. The molecular formula is C26H35N3O2S. The van der Waals surface area contributed by atoms with E-state index in [0.717, 1.165) is 41.2 Å². The van der Waals surface area contributed by atoms with Gasteiger partial charge in [-0.25, -0.2) is 4.98 Å². The number of fused-ring (bicyclic) bond motifs is 1. The molecule has 0 fully saturated rings. The number of aryl methyl sites for hydroxylation is 1. The van der Waals surface area contributed by atoms with Crippen molar-refractivity contribution in [1.29, 1.82) is 0 Å². The fourth-order valence-corrected chi connectivity index (χ4v) is 4.79. The first kappa shape index (κ1) is 24.2. The maximum Gasteiger partial charge on any atom is 0.260 e. The highest BCUT2D eigenvalue weighted by Crippen LogP contribution is 2.37. The van der Waals surface area contributed by atoms with E-state index >= 15 is 0 Å². The molecule has 0 unspecified atom stereocenters. The van der Waals surface area contributed by atoms with Gasteiger partial charge in [0.25, 0.3) is 5.91 Å². The van der Waals surface area contributed by atoms with Crippen molar-refractivity contribution in [3.05, 3.63) is 53.1 Å². The Balaban J connectivity index is 2.01. The lowest BCUT2D eigenvalue weighted by atomic mass is 9.86. The van der Waals surface area contributed by atoms with Gasteiger partial charge in [0.15, 0.2) is 5.13 Å². The van der Waals surface area contributed by atoms with E-state index in [1.807, 2.05) is 29.2 Å². The minimum absolute atomic E-state index is 0.0201. The number of ether oxygens (including phenoxy) is 1. The standard InChI is InChI=1S/C26H35N3O2S/c1-8-28(9-2)16-17-29(24(30)19-11-13-20(14-12-19)26(4,5)6)25-27-22-21(31-7)15-10-18(3)23(22)32-25/h10-15H,8-9,16-17H2,1-7H3. The number of hydrogen-bond donors (Lipinski definition) is 0. The summed E-state index contributed by atoms with van der Waals surface area (Å²) >= 11 is 1.55. The van der Waals surface area contributed by atoms with Crippen molar-refractivity contribution < 1.29 is 9.53 Å². The van der Waals surface area contributed by atoms with Crippen LogP contribution < -0.4 is 9.64 Å². The molecule has 2 aromatic carbocycles. The van der Waals surface area contributed by atoms with Gasteiger partial charge in [-0.2, -0.15) is 0 Å². The lowest BCUT2D eigenvalue weighted by Crippen LogP contribution is -2.38. The smallest absolute Gasteiger partial charge is 0.260 e. The van der Waals surface area contributed by atoms with E-state index in [1.165, 1.54) is 5.56 Å². The van der Waals surface area contributed by atoms with E-state index in [2.05, 4.69) is 58.6 Å². The Morgan fingerprint density at radius 1 is 1.03 bits per heavy atom. The minimum atomic E-state index is -0.0201. The third-order valence-electron chi connectivity index (χ3n) is 5.92. The topological polar surface area (TPSA) is 45.7 Å². The number of rotatable bonds is 8. The van der Waals surface area contributed by atoms with Crippen molar-refractivity contribution in [1.82, 2.24) is 9.88 Å². The number of thiazole rings is 1. The summed E-state index contributed by atoms with van der Waals surface area (Å²) in [6.07, 6.45) is 0. The van der Waals surface area contributed by atoms with Crippen molar-refractivity contribution in [2.45, 2.75) is 47.0 Å². The van der Waals surface area contributed by atoms with E-state index in [-0.39, 0.29) is 11.3 Å². The van der Waals surface area contributed by atoms with Crippen molar-refractivity contribution in [3.8, 4) is 5.75 Å². The maximum absolute atomic E-state index is 13.7. The lowest BCUT2D eigenvalue weighted by Gasteiger charge is -2.25. The Morgan fingerprint density at radius 2 is 1.69 bits per heavy atom. The van der Waals surface area contributed by atoms with Crippen molar-refractivity contribution in [2.24, 2.45) is 0 Å². The lowest BCUT2D eigenvalue weighted by molar-refractivity contribution is 0.0983. The molecule has 32 heavy (non-hydrogen) atoms. The van der Waals surface area contributed by atoms with E-state index in [1.54, 1.807) is 18.4 Å². The van der Waals surface area contributed by atoms with E-state index in [0.29, 0.717) is 17.2 Å². The van der Waals surface area contributed by atoms with Gasteiger partial charge in [-0.05, 0) is 54.8 Å². The van der Waals surface area contributed by atoms with Crippen LogP contribution in [-0.4, -0.2) is 49.1 Å². The summed E-state index contributed by atoms with van der Waals surface area (Å²) in [5.74, 6) is 0.715. The Hall–Kier alpha value is -2.44. The second-order valence-electron chi connectivity index (χ2n) is 9.07. The van der Waals surface area contributed by atoms with Crippen LogP contribution in [0.4, 0.5) is 5.13 Å². The normalized spacial score (nSPS) is 11.9. The van der Waals surface area contributed by atoms with Gasteiger partial charge in [0.1, 0.15) is 11.3 Å². The molecule has 3 aromatic rings. The molecule has 0 N–H and O–H groups in total. The summed E-state index contributed by atoms with van der Waals surface area (Å²) in [6.45, 7) is 16.2. The maximum atomic E-state index is 13.7. The van der Waals surface area contributed by atoms with Gasteiger partial charge in [0, 0.05) is 18.7 Å². The van der Waals surface area contributed by atoms with E-state index in [9.17, 15) is 4.79 Å². The Labute approximate surface area is 196 Å². The molecule has 1 amide bonds. The first-order valence-electron chi connectivity index (χ1n) is 11.3. The fraction of sp³-hybridized carbons (Fsp3) is 0.462. The number of likely N-dealkylation sites (N-methyl/N-ethyl adjacent to an activating group) is 1. The Kier molecular flexibility index (Phi) is 7.57. The predicted molar refractivity (Wildman–Crippen MR) is 136 cm³/mol. The van der Waals surface area contributed by atoms with Gasteiger partial charge < -0.3 is 9.64 Å². The Morgan fingerprint density at radius 3 is 2.25 bits per heavy atom. The van der Waals surface area contributed by atoms with Gasteiger partial charge in [0.05, 0.1) is 11.8 Å². The molecule has 1 aromatic heterocycles. The highest BCUT2D eigenvalue weighted by atomic mass is 32.1. The third kappa shape index (κ3) is 5.13. The third-order valence-corrected chi connectivity index (χ3v) is 7.13. The number of nitrogens with zero attached hydrogens (tertiary/aromatic N) is 3. The molecule has 6 heteroatoms. The van der Waals surface area contributed by atoms with Crippen LogP contribution in [0.25, 0.3) is 10.2 Å². The van der Waals surface area contributed by atoms with Crippen molar-refractivity contribution in [2.75, 3.05) is 38.2 Å². The zero-order chi connectivity index (χ0) is 23.5. The molecule has 0 bridgehead atoms. The SMILES string of the molecule is CCN(CC)CCN(C(=O)c1ccc(C(C)(C)C)cc1)c1nc2c(OC)ccc(C)c2s1. The second-order valence-corrected chi connectivity index (χ2v) is 10.0.